The van der Waals surface area contributed by atoms with Crippen LogP contribution in [-0.4, -0.2) is 54.5 Å². The van der Waals surface area contributed by atoms with Gasteiger partial charge in [-0.2, -0.15) is 0 Å². The highest BCUT2D eigenvalue weighted by molar-refractivity contribution is 7.93. The molecule has 3 heterocycles. The van der Waals surface area contributed by atoms with Crippen LogP contribution >= 0.6 is 22.9 Å². The maximum Gasteiger partial charge on any atom is 0.263 e. The molecule has 0 spiro atoms. The number of carbonyl (C=O) groups is 1. The van der Waals surface area contributed by atoms with Gasteiger partial charge in [-0.15, -0.1) is 11.3 Å². The van der Waals surface area contributed by atoms with Gasteiger partial charge in [0.1, 0.15) is 6.04 Å². The lowest BCUT2D eigenvalue weighted by molar-refractivity contribution is -0.136. The van der Waals surface area contributed by atoms with Crippen molar-refractivity contribution in [3.05, 3.63) is 71.3 Å². The SMILES string of the molecule is C[C@H](C(=O)N1CCN(c2ccc(S(=O)(=O)Nc3nccs3)cc2)C[C@@H]1C)n1ccc2ccc(Cl)cc21.[HH]. The summed E-state index contributed by atoms with van der Waals surface area (Å²) in [4.78, 5) is 21.7. The average Bonchev–Trinajstić information content (AvgIpc) is 3.52. The van der Waals surface area contributed by atoms with E-state index in [0.717, 1.165) is 16.6 Å². The van der Waals surface area contributed by atoms with Crippen molar-refractivity contribution in [2.75, 3.05) is 29.3 Å². The number of anilines is 2. The average molecular weight is 546 g/mol. The molecule has 1 amide bonds. The summed E-state index contributed by atoms with van der Waals surface area (Å²) < 4.78 is 29.7. The number of benzene rings is 2. The number of halogens is 1. The third-order valence-electron chi connectivity index (χ3n) is 6.54. The van der Waals surface area contributed by atoms with E-state index >= 15 is 0 Å². The number of nitrogens with zero attached hydrogens (tertiary/aromatic N) is 4. The second kappa shape index (κ2) is 9.76. The van der Waals surface area contributed by atoms with Crippen molar-refractivity contribution in [3.8, 4) is 0 Å². The van der Waals surface area contributed by atoms with E-state index in [1.807, 2.05) is 53.8 Å². The second-order valence-corrected chi connectivity index (χ2v) is 11.9. The predicted molar refractivity (Wildman–Crippen MR) is 147 cm³/mol. The fourth-order valence-electron chi connectivity index (χ4n) is 4.62. The fraction of sp³-hybridized carbons (Fsp3) is 0.280. The molecule has 8 nitrogen and oxygen atoms in total. The highest BCUT2D eigenvalue weighted by Crippen LogP contribution is 2.27. The minimum Gasteiger partial charge on any atom is -0.368 e. The van der Waals surface area contributed by atoms with Crippen LogP contribution in [0.25, 0.3) is 10.9 Å². The molecule has 2 atom stereocenters. The molecule has 0 radical (unpaired) electrons. The third kappa shape index (κ3) is 4.80. The van der Waals surface area contributed by atoms with Crippen LogP contribution in [0.4, 0.5) is 10.8 Å². The number of hydrogen-bond donors (Lipinski definition) is 1. The van der Waals surface area contributed by atoms with Crippen LogP contribution < -0.4 is 9.62 Å². The number of amides is 1. The normalized spacial score (nSPS) is 17.4. The summed E-state index contributed by atoms with van der Waals surface area (Å²) in [6.07, 6.45) is 3.48. The van der Waals surface area contributed by atoms with Gasteiger partial charge >= 0.3 is 0 Å². The first-order valence-corrected chi connectivity index (χ1v) is 14.3. The lowest BCUT2D eigenvalue weighted by Crippen LogP contribution is -2.55. The summed E-state index contributed by atoms with van der Waals surface area (Å²) >= 11 is 7.42. The van der Waals surface area contributed by atoms with Crippen molar-refractivity contribution in [1.82, 2.24) is 14.5 Å². The molecule has 1 fully saturated rings. The fourth-order valence-corrected chi connectivity index (χ4v) is 6.58. The van der Waals surface area contributed by atoms with Crippen molar-refractivity contribution in [2.24, 2.45) is 0 Å². The van der Waals surface area contributed by atoms with E-state index in [1.54, 1.807) is 35.8 Å². The molecule has 0 unspecified atom stereocenters. The molecule has 2 aromatic carbocycles. The van der Waals surface area contributed by atoms with Crippen LogP contribution in [-0.2, 0) is 14.8 Å². The maximum atomic E-state index is 13.4. The number of aromatic nitrogens is 2. The minimum atomic E-state index is -3.70. The predicted octanol–water partition coefficient (Wildman–Crippen LogP) is 5.10. The van der Waals surface area contributed by atoms with Crippen molar-refractivity contribution in [1.29, 1.82) is 0 Å². The lowest BCUT2D eigenvalue weighted by Gasteiger charge is -2.42. The van der Waals surface area contributed by atoms with Gasteiger partial charge in [-0.05, 0) is 61.7 Å². The van der Waals surface area contributed by atoms with Gasteiger partial charge in [-0.3, -0.25) is 9.52 Å². The van der Waals surface area contributed by atoms with Crippen molar-refractivity contribution in [3.63, 3.8) is 0 Å². The number of sulfonamides is 1. The highest BCUT2D eigenvalue weighted by atomic mass is 35.5. The summed E-state index contributed by atoms with van der Waals surface area (Å²) in [7, 11) is -3.70. The number of thiazole rings is 1. The molecule has 2 aromatic heterocycles. The van der Waals surface area contributed by atoms with E-state index in [-0.39, 0.29) is 24.3 Å². The first kappa shape index (κ1) is 24.6. The molecular formula is C25H28ClN5O3S2. The van der Waals surface area contributed by atoms with Gasteiger partial charge in [-0.25, -0.2) is 13.4 Å². The van der Waals surface area contributed by atoms with Crippen LogP contribution in [0.3, 0.4) is 0 Å². The Morgan fingerprint density at radius 1 is 1.19 bits per heavy atom. The van der Waals surface area contributed by atoms with Crippen LogP contribution in [0.2, 0.25) is 5.02 Å². The zero-order chi connectivity index (χ0) is 25.4. The van der Waals surface area contributed by atoms with Gasteiger partial charge in [-0.1, -0.05) is 17.7 Å². The summed E-state index contributed by atoms with van der Waals surface area (Å²) in [5.41, 5.74) is 1.86. The second-order valence-electron chi connectivity index (χ2n) is 8.87. The molecule has 1 aliphatic rings. The molecule has 0 bridgehead atoms. The molecular weight excluding hydrogens is 518 g/mol. The van der Waals surface area contributed by atoms with Gasteiger partial charge in [0.25, 0.3) is 10.0 Å². The number of nitrogens with one attached hydrogen (secondary N) is 1. The largest absolute Gasteiger partial charge is 0.368 e. The molecule has 0 saturated carbocycles. The Hall–Kier alpha value is -3.08. The van der Waals surface area contributed by atoms with Gasteiger partial charge < -0.3 is 14.4 Å². The Balaban J connectivity index is 0.00000320. The molecule has 36 heavy (non-hydrogen) atoms. The van der Waals surface area contributed by atoms with Crippen LogP contribution in [0.15, 0.2) is 71.2 Å². The zero-order valence-electron chi connectivity index (χ0n) is 19.8. The van der Waals surface area contributed by atoms with E-state index in [1.165, 1.54) is 11.3 Å². The minimum absolute atomic E-state index is 0. The van der Waals surface area contributed by atoms with Crippen LogP contribution in [0.5, 0.6) is 0 Å². The number of piperazine rings is 1. The zero-order valence-corrected chi connectivity index (χ0v) is 22.2. The van der Waals surface area contributed by atoms with Crippen LogP contribution in [0, 0.1) is 0 Å². The Bertz CT molecular complexity index is 1490. The molecule has 1 N–H and O–H groups in total. The molecule has 1 aliphatic heterocycles. The summed E-state index contributed by atoms with van der Waals surface area (Å²) in [6.45, 7) is 5.85. The number of hydrogen-bond acceptors (Lipinski definition) is 6. The van der Waals surface area contributed by atoms with Crippen molar-refractivity contribution < 1.29 is 14.6 Å². The van der Waals surface area contributed by atoms with Gasteiger partial charge in [0, 0.05) is 55.6 Å². The number of rotatable bonds is 6. The van der Waals surface area contributed by atoms with Gasteiger partial charge in [0.15, 0.2) is 5.13 Å². The Kier molecular flexibility index (Phi) is 6.67. The summed E-state index contributed by atoms with van der Waals surface area (Å²) in [5, 5.41) is 3.73. The number of fused-ring (bicyclic) bond motifs is 1. The Labute approximate surface area is 220 Å². The van der Waals surface area contributed by atoms with Crippen molar-refractivity contribution >= 4 is 60.6 Å². The van der Waals surface area contributed by atoms with E-state index in [2.05, 4.69) is 14.6 Å². The molecule has 1 saturated heterocycles. The van der Waals surface area contributed by atoms with Gasteiger partial charge in [0.05, 0.1) is 10.4 Å². The van der Waals surface area contributed by atoms with Crippen molar-refractivity contribution in [2.45, 2.75) is 30.8 Å². The van der Waals surface area contributed by atoms with Gasteiger partial charge in [0.2, 0.25) is 5.91 Å². The molecule has 0 aliphatic carbocycles. The highest BCUT2D eigenvalue weighted by Gasteiger charge is 2.31. The quantitative estimate of drug-likeness (QED) is 0.364. The maximum absolute atomic E-state index is 13.4. The topological polar surface area (TPSA) is 87.5 Å². The summed E-state index contributed by atoms with van der Waals surface area (Å²) in [5.74, 6) is 0.0642. The van der Waals surface area contributed by atoms with E-state index < -0.39 is 10.0 Å². The van der Waals surface area contributed by atoms with E-state index in [0.29, 0.717) is 29.8 Å². The molecule has 11 heteroatoms. The van der Waals surface area contributed by atoms with E-state index in [4.69, 9.17) is 11.6 Å². The molecule has 5 rings (SSSR count). The first-order valence-electron chi connectivity index (χ1n) is 11.6. The lowest BCUT2D eigenvalue weighted by atomic mass is 10.1. The Morgan fingerprint density at radius 2 is 1.97 bits per heavy atom. The Morgan fingerprint density at radius 3 is 2.67 bits per heavy atom. The third-order valence-corrected chi connectivity index (χ3v) is 8.94. The number of carbonyl (C=O) groups excluding carboxylic acids is 1. The molecule has 4 aromatic rings. The molecule has 190 valence electrons. The monoisotopic (exact) mass is 545 g/mol. The smallest absolute Gasteiger partial charge is 0.263 e. The summed E-state index contributed by atoms with van der Waals surface area (Å²) in [6, 6.07) is 14.1. The van der Waals surface area contributed by atoms with Crippen LogP contribution in [0.1, 0.15) is 21.3 Å². The van der Waals surface area contributed by atoms with E-state index in [9.17, 15) is 13.2 Å². The standard InChI is InChI=1S/C25H26ClN5O3S2.H2/c1-17-16-29(21-5-7-22(8-6-21)36(33,34)28-25-27-10-14-35-25)12-13-30(17)24(32)18(2)31-11-9-19-3-4-20(26)15-23(19)31;/h3-11,14-15,17-18H,12-13,16H2,1-2H3,(H,27,28);1H/t17-,18+;/m0./s1. The first-order chi connectivity index (χ1) is 17.2.